The average Bonchev–Trinajstić information content (AvgIpc) is 3.23. The number of hydrogen-bond acceptors (Lipinski definition) is 3. The Bertz CT molecular complexity index is 748. The number of amides is 2. The van der Waals surface area contributed by atoms with Gasteiger partial charge in [-0.3, -0.25) is 9.59 Å². The van der Waals surface area contributed by atoms with Crippen molar-refractivity contribution in [1.29, 1.82) is 0 Å². The summed E-state index contributed by atoms with van der Waals surface area (Å²) >= 11 is 3.40. The molecule has 1 saturated heterocycles. The van der Waals surface area contributed by atoms with Crippen molar-refractivity contribution in [3.63, 3.8) is 0 Å². The van der Waals surface area contributed by atoms with E-state index in [0.29, 0.717) is 5.56 Å². The number of likely N-dealkylation sites (tertiary alicyclic amines) is 1. The van der Waals surface area contributed by atoms with Crippen molar-refractivity contribution in [2.45, 2.75) is 19.8 Å². The summed E-state index contributed by atoms with van der Waals surface area (Å²) in [5.74, 6) is -0.304. The highest BCUT2D eigenvalue weighted by Gasteiger charge is 2.20. The fraction of sp³-hybridized carbons (Fsp3) is 0.353. The normalized spacial score (nSPS) is 14.0. The fourth-order valence-corrected chi connectivity index (χ4v) is 3.07. The van der Waals surface area contributed by atoms with E-state index in [1.165, 1.54) is 6.20 Å². The van der Waals surface area contributed by atoms with E-state index in [1.54, 1.807) is 9.58 Å². The third-order valence-electron chi connectivity index (χ3n) is 4.18. The number of carbonyl (C=O) groups excluding carboxylic acids is 2. The average molecular weight is 391 g/mol. The van der Waals surface area contributed by atoms with E-state index in [4.69, 9.17) is 0 Å². The third kappa shape index (κ3) is 3.51. The van der Waals surface area contributed by atoms with Gasteiger partial charge in [-0.25, -0.2) is 4.68 Å². The lowest BCUT2D eigenvalue weighted by molar-refractivity contribution is -0.129. The Labute approximate surface area is 149 Å². The quantitative estimate of drug-likeness (QED) is 0.870. The fourth-order valence-electron chi connectivity index (χ4n) is 2.80. The van der Waals surface area contributed by atoms with Crippen LogP contribution in [-0.2, 0) is 4.79 Å². The number of nitrogens with zero attached hydrogens (tertiary/aromatic N) is 3. The summed E-state index contributed by atoms with van der Waals surface area (Å²) in [4.78, 5) is 26.1. The number of halogens is 1. The van der Waals surface area contributed by atoms with Gasteiger partial charge in [-0.1, -0.05) is 15.9 Å². The summed E-state index contributed by atoms with van der Waals surface area (Å²) in [6, 6.07) is 7.68. The molecule has 1 N–H and O–H groups in total. The van der Waals surface area contributed by atoms with E-state index >= 15 is 0 Å². The van der Waals surface area contributed by atoms with Crippen LogP contribution >= 0.6 is 15.9 Å². The Morgan fingerprint density at radius 2 is 1.88 bits per heavy atom. The minimum Gasteiger partial charge on any atom is -0.343 e. The lowest BCUT2D eigenvalue weighted by Gasteiger charge is -2.15. The lowest BCUT2D eigenvalue weighted by atomic mass is 10.2. The zero-order valence-electron chi connectivity index (χ0n) is 13.5. The molecular weight excluding hydrogens is 372 g/mol. The number of aromatic nitrogens is 2. The first-order valence-electron chi connectivity index (χ1n) is 7.93. The highest BCUT2D eigenvalue weighted by atomic mass is 79.9. The number of benzene rings is 1. The van der Waals surface area contributed by atoms with Crippen LogP contribution in [0.2, 0.25) is 0 Å². The standard InChI is InChI=1S/C17H19BrN4O2/c1-12-15(10-20-22(12)14-6-4-13(18)5-7-14)17(24)19-11-16(23)21-8-2-3-9-21/h4-7,10H,2-3,8-9,11H2,1H3,(H,19,24). The van der Waals surface area contributed by atoms with E-state index in [2.05, 4.69) is 26.3 Å². The predicted octanol–water partition coefficient (Wildman–Crippen LogP) is 2.30. The maximum Gasteiger partial charge on any atom is 0.255 e. The Balaban J connectivity index is 1.67. The zero-order valence-corrected chi connectivity index (χ0v) is 15.0. The molecule has 0 bridgehead atoms. The van der Waals surface area contributed by atoms with E-state index in [-0.39, 0.29) is 18.4 Å². The molecule has 0 saturated carbocycles. The maximum atomic E-state index is 12.3. The van der Waals surface area contributed by atoms with Crippen molar-refractivity contribution in [1.82, 2.24) is 20.0 Å². The molecule has 24 heavy (non-hydrogen) atoms. The largest absolute Gasteiger partial charge is 0.343 e. The SMILES string of the molecule is Cc1c(C(=O)NCC(=O)N2CCCC2)cnn1-c1ccc(Br)cc1. The van der Waals surface area contributed by atoms with E-state index in [0.717, 1.165) is 41.8 Å². The molecule has 1 fully saturated rings. The number of hydrogen-bond donors (Lipinski definition) is 1. The molecule has 0 spiro atoms. The monoisotopic (exact) mass is 390 g/mol. The van der Waals surface area contributed by atoms with Gasteiger partial charge in [0.1, 0.15) is 0 Å². The van der Waals surface area contributed by atoms with Gasteiger partial charge in [0, 0.05) is 17.6 Å². The van der Waals surface area contributed by atoms with Crippen LogP contribution in [0.25, 0.3) is 5.69 Å². The highest BCUT2D eigenvalue weighted by Crippen LogP contribution is 2.17. The topological polar surface area (TPSA) is 67.2 Å². The van der Waals surface area contributed by atoms with Crippen LogP contribution in [0.1, 0.15) is 28.9 Å². The highest BCUT2D eigenvalue weighted by molar-refractivity contribution is 9.10. The molecule has 0 aliphatic carbocycles. The van der Waals surface area contributed by atoms with Gasteiger partial charge in [0.05, 0.1) is 29.7 Å². The van der Waals surface area contributed by atoms with Gasteiger partial charge >= 0.3 is 0 Å². The molecule has 2 aromatic rings. The predicted molar refractivity (Wildman–Crippen MR) is 94.1 cm³/mol. The van der Waals surface area contributed by atoms with Crippen LogP contribution in [-0.4, -0.2) is 46.1 Å². The van der Waals surface area contributed by atoms with Crippen LogP contribution in [0, 0.1) is 6.92 Å². The Hall–Kier alpha value is -2.15. The van der Waals surface area contributed by atoms with Crippen molar-refractivity contribution in [2.24, 2.45) is 0 Å². The van der Waals surface area contributed by atoms with E-state index in [9.17, 15) is 9.59 Å². The molecule has 6 nitrogen and oxygen atoms in total. The molecule has 1 aliphatic rings. The molecule has 2 amide bonds. The van der Waals surface area contributed by atoms with Crippen LogP contribution in [0.5, 0.6) is 0 Å². The lowest BCUT2D eigenvalue weighted by Crippen LogP contribution is -2.38. The molecule has 0 radical (unpaired) electrons. The van der Waals surface area contributed by atoms with Crippen LogP contribution in [0.3, 0.4) is 0 Å². The number of rotatable bonds is 4. The minimum atomic E-state index is -0.275. The van der Waals surface area contributed by atoms with Gasteiger partial charge in [0.15, 0.2) is 0 Å². The molecule has 1 aromatic carbocycles. The summed E-state index contributed by atoms with van der Waals surface area (Å²) in [5, 5.41) is 6.99. The van der Waals surface area contributed by atoms with Gasteiger partial charge in [-0.05, 0) is 44.0 Å². The minimum absolute atomic E-state index is 0.0289. The summed E-state index contributed by atoms with van der Waals surface area (Å²) < 4.78 is 2.69. The third-order valence-corrected chi connectivity index (χ3v) is 4.71. The van der Waals surface area contributed by atoms with Gasteiger partial charge in [-0.15, -0.1) is 0 Å². The van der Waals surface area contributed by atoms with Gasteiger partial charge < -0.3 is 10.2 Å². The second-order valence-electron chi connectivity index (χ2n) is 5.80. The maximum absolute atomic E-state index is 12.3. The Kier molecular flexibility index (Phi) is 4.99. The van der Waals surface area contributed by atoms with Gasteiger partial charge in [0.2, 0.25) is 5.91 Å². The first-order chi connectivity index (χ1) is 11.6. The summed E-state index contributed by atoms with van der Waals surface area (Å²) in [6.45, 7) is 3.44. The smallest absolute Gasteiger partial charge is 0.255 e. The van der Waals surface area contributed by atoms with Crippen molar-refractivity contribution < 1.29 is 9.59 Å². The first kappa shape index (κ1) is 16.7. The van der Waals surface area contributed by atoms with Crippen molar-refractivity contribution in [3.8, 4) is 5.69 Å². The number of nitrogens with one attached hydrogen (secondary N) is 1. The molecule has 7 heteroatoms. The second-order valence-corrected chi connectivity index (χ2v) is 6.72. The van der Waals surface area contributed by atoms with Crippen molar-refractivity contribution in [2.75, 3.05) is 19.6 Å². The summed E-state index contributed by atoms with van der Waals surface area (Å²) in [6.07, 6.45) is 3.62. The molecule has 2 heterocycles. The molecular formula is C17H19BrN4O2. The zero-order chi connectivity index (χ0) is 17.1. The van der Waals surface area contributed by atoms with E-state index in [1.807, 2.05) is 31.2 Å². The first-order valence-corrected chi connectivity index (χ1v) is 8.72. The van der Waals surface area contributed by atoms with Gasteiger partial charge in [-0.2, -0.15) is 5.10 Å². The van der Waals surface area contributed by atoms with Crippen LogP contribution < -0.4 is 5.32 Å². The Morgan fingerprint density at radius 1 is 1.21 bits per heavy atom. The molecule has 1 aliphatic heterocycles. The van der Waals surface area contributed by atoms with Crippen molar-refractivity contribution >= 4 is 27.7 Å². The number of carbonyl (C=O) groups is 2. The Morgan fingerprint density at radius 3 is 2.54 bits per heavy atom. The van der Waals surface area contributed by atoms with Crippen molar-refractivity contribution in [3.05, 3.63) is 46.2 Å². The molecule has 126 valence electrons. The molecule has 3 rings (SSSR count). The van der Waals surface area contributed by atoms with E-state index < -0.39 is 0 Å². The summed E-state index contributed by atoms with van der Waals surface area (Å²) in [5.41, 5.74) is 2.10. The van der Waals surface area contributed by atoms with Gasteiger partial charge in [0.25, 0.3) is 5.91 Å². The van der Waals surface area contributed by atoms with Crippen LogP contribution in [0.15, 0.2) is 34.9 Å². The second kappa shape index (κ2) is 7.17. The molecule has 1 aromatic heterocycles. The summed E-state index contributed by atoms with van der Waals surface area (Å²) in [7, 11) is 0. The molecule has 0 atom stereocenters. The van der Waals surface area contributed by atoms with Crippen LogP contribution in [0.4, 0.5) is 0 Å². The molecule has 0 unspecified atom stereocenters.